The van der Waals surface area contributed by atoms with E-state index in [0.29, 0.717) is 12.3 Å². The van der Waals surface area contributed by atoms with Crippen molar-refractivity contribution in [2.45, 2.75) is 39.2 Å². The van der Waals surface area contributed by atoms with Crippen LogP contribution < -0.4 is 15.4 Å². The SMILES string of the molecule is CCCCCCNC(=O)C(=O)NCc1ccccc1OC. The summed E-state index contributed by atoms with van der Waals surface area (Å²) in [6.07, 6.45) is 4.27. The number of para-hydroxylation sites is 1. The Hall–Kier alpha value is -2.04. The second kappa shape index (κ2) is 9.80. The summed E-state index contributed by atoms with van der Waals surface area (Å²) in [5.41, 5.74) is 0.837. The Kier molecular flexibility index (Phi) is 7.94. The van der Waals surface area contributed by atoms with Gasteiger partial charge in [-0.25, -0.2) is 0 Å². The van der Waals surface area contributed by atoms with Crippen molar-refractivity contribution in [2.24, 2.45) is 0 Å². The molecule has 0 heterocycles. The van der Waals surface area contributed by atoms with Crippen molar-refractivity contribution in [3.63, 3.8) is 0 Å². The number of unbranched alkanes of at least 4 members (excludes halogenated alkanes) is 3. The molecule has 0 spiro atoms. The van der Waals surface area contributed by atoms with Crippen LogP contribution in [0.1, 0.15) is 38.2 Å². The van der Waals surface area contributed by atoms with Crippen molar-refractivity contribution < 1.29 is 14.3 Å². The molecule has 0 saturated carbocycles. The van der Waals surface area contributed by atoms with Gasteiger partial charge in [0.05, 0.1) is 7.11 Å². The Bertz CT molecular complexity index is 461. The van der Waals surface area contributed by atoms with Crippen LogP contribution in [0, 0.1) is 0 Å². The minimum atomic E-state index is -0.614. The molecule has 1 aromatic carbocycles. The maximum absolute atomic E-state index is 11.7. The molecule has 0 atom stereocenters. The average molecular weight is 292 g/mol. The van der Waals surface area contributed by atoms with Gasteiger partial charge in [0.25, 0.3) is 0 Å². The van der Waals surface area contributed by atoms with Crippen LogP contribution in [0.25, 0.3) is 0 Å². The first kappa shape index (κ1) is 17.0. The number of amides is 2. The lowest BCUT2D eigenvalue weighted by molar-refractivity contribution is -0.139. The predicted octanol–water partition coefficient (Wildman–Crippen LogP) is 2.01. The van der Waals surface area contributed by atoms with Gasteiger partial charge in [0.15, 0.2) is 0 Å². The van der Waals surface area contributed by atoms with E-state index in [1.165, 1.54) is 0 Å². The van der Waals surface area contributed by atoms with Gasteiger partial charge in [0, 0.05) is 18.7 Å². The highest BCUT2D eigenvalue weighted by molar-refractivity contribution is 6.35. The van der Waals surface area contributed by atoms with E-state index in [0.717, 1.165) is 31.2 Å². The standard InChI is InChI=1S/C16H24N2O3/c1-3-4-5-8-11-17-15(19)16(20)18-12-13-9-6-7-10-14(13)21-2/h6-7,9-10H,3-5,8,11-12H2,1-2H3,(H,17,19)(H,18,20). The fraction of sp³-hybridized carbons (Fsp3) is 0.500. The molecular weight excluding hydrogens is 268 g/mol. The van der Waals surface area contributed by atoms with Crippen molar-refractivity contribution in [3.05, 3.63) is 29.8 Å². The van der Waals surface area contributed by atoms with Crippen molar-refractivity contribution in [2.75, 3.05) is 13.7 Å². The minimum Gasteiger partial charge on any atom is -0.496 e. The third-order valence-corrected chi connectivity index (χ3v) is 3.15. The fourth-order valence-corrected chi connectivity index (χ4v) is 1.94. The Morgan fingerprint density at radius 2 is 1.76 bits per heavy atom. The molecule has 1 aromatic rings. The Labute approximate surface area is 126 Å². The first-order chi connectivity index (χ1) is 10.2. The molecule has 5 heteroatoms. The third kappa shape index (κ3) is 6.29. The normalized spacial score (nSPS) is 10.0. The quantitative estimate of drug-likeness (QED) is 0.569. The molecule has 0 unspecified atom stereocenters. The molecule has 116 valence electrons. The number of rotatable bonds is 8. The summed E-state index contributed by atoms with van der Waals surface area (Å²) in [6, 6.07) is 7.38. The molecule has 0 fully saturated rings. The van der Waals surface area contributed by atoms with Gasteiger partial charge < -0.3 is 15.4 Å². The number of methoxy groups -OCH3 is 1. The van der Waals surface area contributed by atoms with E-state index < -0.39 is 11.8 Å². The lowest BCUT2D eigenvalue weighted by Crippen LogP contribution is -2.39. The summed E-state index contributed by atoms with van der Waals surface area (Å²) in [6.45, 7) is 2.94. The Morgan fingerprint density at radius 3 is 2.48 bits per heavy atom. The Morgan fingerprint density at radius 1 is 1.05 bits per heavy atom. The van der Waals surface area contributed by atoms with Crippen LogP contribution in [0.2, 0.25) is 0 Å². The molecule has 2 amide bonds. The molecule has 0 aliphatic heterocycles. The summed E-state index contributed by atoms with van der Waals surface area (Å²) in [5, 5.41) is 5.22. The lowest BCUT2D eigenvalue weighted by atomic mass is 10.2. The van der Waals surface area contributed by atoms with E-state index in [1.807, 2.05) is 24.3 Å². The van der Waals surface area contributed by atoms with Crippen LogP contribution in [-0.4, -0.2) is 25.5 Å². The van der Waals surface area contributed by atoms with Gasteiger partial charge in [-0.2, -0.15) is 0 Å². The van der Waals surface area contributed by atoms with Crippen LogP contribution in [0.15, 0.2) is 24.3 Å². The number of ether oxygens (including phenoxy) is 1. The van der Waals surface area contributed by atoms with Crippen LogP contribution in [0.4, 0.5) is 0 Å². The lowest BCUT2D eigenvalue weighted by Gasteiger charge is -2.09. The first-order valence-electron chi connectivity index (χ1n) is 7.37. The molecule has 0 aliphatic carbocycles. The second-order valence-corrected chi connectivity index (χ2v) is 4.81. The molecule has 0 radical (unpaired) electrons. The number of nitrogens with one attached hydrogen (secondary N) is 2. The molecular formula is C16H24N2O3. The Balaban J connectivity index is 2.31. The van der Waals surface area contributed by atoms with Crippen molar-refractivity contribution in [1.82, 2.24) is 10.6 Å². The summed E-state index contributed by atoms with van der Waals surface area (Å²) in [4.78, 5) is 23.3. The van der Waals surface area contributed by atoms with E-state index >= 15 is 0 Å². The van der Waals surface area contributed by atoms with Crippen molar-refractivity contribution in [1.29, 1.82) is 0 Å². The molecule has 1 rings (SSSR count). The zero-order chi connectivity index (χ0) is 15.5. The third-order valence-electron chi connectivity index (χ3n) is 3.15. The van der Waals surface area contributed by atoms with Crippen LogP contribution in [0.3, 0.4) is 0 Å². The predicted molar refractivity (Wildman–Crippen MR) is 82.0 cm³/mol. The van der Waals surface area contributed by atoms with Crippen LogP contribution in [0.5, 0.6) is 5.75 Å². The van der Waals surface area contributed by atoms with E-state index in [-0.39, 0.29) is 6.54 Å². The summed E-state index contributed by atoms with van der Waals surface area (Å²) in [5.74, 6) is -0.504. The van der Waals surface area contributed by atoms with Gasteiger partial charge in [-0.3, -0.25) is 9.59 Å². The van der Waals surface area contributed by atoms with E-state index in [1.54, 1.807) is 7.11 Å². The van der Waals surface area contributed by atoms with E-state index in [4.69, 9.17) is 4.74 Å². The first-order valence-corrected chi connectivity index (χ1v) is 7.37. The van der Waals surface area contributed by atoms with Crippen LogP contribution in [-0.2, 0) is 16.1 Å². The summed E-state index contributed by atoms with van der Waals surface area (Å²) in [7, 11) is 1.57. The highest BCUT2D eigenvalue weighted by Gasteiger charge is 2.13. The largest absolute Gasteiger partial charge is 0.496 e. The average Bonchev–Trinajstić information content (AvgIpc) is 2.52. The number of hydrogen-bond donors (Lipinski definition) is 2. The second-order valence-electron chi connectivity index (χ2n) is 4.81. The molecule has 0 aliphatic rings. The van der Waals surface area contributed by atoms with Crippen LogP contribution >= 0.6 is 0 Å². The molecule has 0 saturated heterocycles. The van der Waals surface area contributed by atoms with Crippen molar-refractivity contribution in [3.8, 4) is 5.75 Å². The van der Waals surface area contributed by atoms with Crippen molar-refractivity contribution >= 4 is 11.8 Å². The van der Waals surface area contributed by atoms with Gasteiger partial charge in [0.2, 0.25) is 0 Å². The topological polar surface area (TPSA) is 67.4 Å². The molecule has 5 nitrogen and oxygen atoms in total. The maximum atomic E-state index is 11.7. The number of carbonyl (C=O) groups is 2. The molecule has 21 heavy (non-hydrogen) atoms. The van der Waals surface area contributed by atoms with Gasteiger partial charge in [-0.05, 0) is 12.5 Å². The highest BCUT2D eigenvalue weighted by atomic mass is 16.5. The number of carbonyl (C=O) groups excluding carboxylic acids is 2. The zero-order valence-corrected chi connectivity index (χ0v) is 12.8. The van der Waals surface area contributed by atoms with Gasteiger partial charge in [0.1, 0.15) is 5.75 Å². The molecule has 2 N–H and O–H groups in total. The highest BCUT2D eigenvalue weighted by Crippen LogP contribution is 2.16. The van der Waals surface area contributed by atoms with E-state index in [9.17, 15) is 9.59 Å². The smallest absolute Gasteiger partial charge is 0.309 e. The van der Waals surface area contributed by atoms with Gasteiger partial charge >= 0.3 is 11.8 Å². The monoisotopic (exact) mass is 292 g/mol. The molecule has 0 aromatic heterocycles. The number of hydrogen-bond acceptors (Lipinski definition) is 3. The molecule has 0 bridgehead atoms. The summed E-state index contributed by atoms with van der Waals surface area (Å²) < 4.78 is 5.19. The zero-order valence-electron chi connectivity index (χ0n) is 12.8. The van der Waals surface area contributed by atoms with Gasteiger partial charge in [-0.1, -0.05) is 44.4 Å². The maximum Gasteiger partial charge on any atom is 0.309 e. The summed E-state index contributed by atoms with van der Waals surface area (Å²) >= 11 is 0. The minimum absolute atomic E-state index is 0.270. The number of benzene rings is 1. The van der Waals surface area contributed by atoms with Gasteiger partial charge in [-0.15, -0.1) is 0 Å². The fourth-order valence-electron chi connectivity index (χ4n) is 1.94. The van der Waals surface area contributed by atoms with E-state index in [2.05, 4.69) is 17.6 Å².